The lowest BCUT2D eigenvalue weighted by Crippen LogP contribution is -2.31. The van der Waals surface area contributed by atoms with Gasteiger partial charge in [-0.1, -0.05) is 24.3 Å². The van der Waals surface area contributed by atoms with E-state index in [4.69, 9.17) is 4.74 Å². The molecule has 1 atom stereocenters. The highest BCUT2D eigenvalue weighted by Crippen LogP contribution is 2.13. The zero-order valence-corrected chi connectivity index (χ0v) is 12.4. The summed E-state index contributed by atoms with van der Waals surface area (Å²) in [6, 6.07) is 10.6. The molecule has 0 aliphatic rings. The standard InChI is InChI=1S/C17H15F2NO3/c1-11(12-6-8-13(18)9-7-12)20-16(21)10-23-17(22)14-4-2-3-5-15(14)19/h2-9,11H,10H2,1H3,(H,20,21)/t11-/m0/s1. The molecule has 1 amide bonds. The third-order valence-electron chi connectivity index (χ3n) is 3.18. The topological polar surface area (TPSA) is 55.4 Å². The molecule has 0 saturated carbocycles. The van der Waals surface area contributed by atoms with E-state index in [0.717, 1.165) is 6.07 Å². The molecule has 120 valence electrons. The van der Waals surface area contributed by atoms with Crippen LogP contribution in [0.4, 0.5) is 8.78 Å². The Kier molecular flexibility index (Phi) is 5.41. The molecule has 2 aromatic carbocycles. The molecule has 0 aromatic heterocycles. The maximum Gasteiger partial charge on any atom is 0.341 e. The summed E-state index contributed by atoms with van der Waals surface area (Å²) in [6.07, 6.45) is 0. The van der Waals surface area contributed by atoms with Crippen molar-refractivity contribution >= 4 is 11.9 Å². The Hall–Kier alpha value is -2.76. The van der Waals surface area contributed by atoms with E-state index in [1.54, 1.807) is 19.1 Å². The molecule has 0 spiro atoms. The number of rotatable bonds is 5. The second-order valence-electron chi connectivity index (χ2n) is 4.90. The minimum atomic E-state index is -0.910. The van der Waals surface area contributed by atoms with E-state index in [2.05, 4.69) is 5.32 Å². The summed E-state index contributed by atoms with van der Waals surface area (Å²) in [5.74, 6) is -2.53. The third kappa shape index (κ3) is 4.60. The van der Waals surface area contributed by atoms with Gasteiger partial charge in [0.2, 0.25) is 0 Å². The van der Waals surface area contributed by atoms with Gasteiger partial charge in [-0.3, -0.25) is 4.79 Å². The molecule has 0 aliphatic heterocycles. The Morgan fingerprint density at radius 2 is 1.74 bits per heavy atom. The summed E-state index contributed by atoms with van der Waals surface area (Å²) < 4.78 is 31.0. The molecule has 0 aliphatic carbocycles. The van der Waals surface area contributed by atoms with Crippen LogP contribution in [0.1, 0.15) is 28.9 Å². The van der Waals surface area contributed by atoms with Crippen molar-refractivity contribution in [3.63, 3.8) is 0 Å². The molecule has 0 saturated heterocycles. The predicted octanol–water partition coefficient (Wildman–Crippen LogP) is 3.00. The Morgan fingerprint density at radius 3 is 2.39 bits per heavy atom. The van der Waals surface area contributed by atoms with Gasteiger partial charge in [0.25, 0.3) is 5.91 Å². The fourth-order valence-corrected chi connectivity index (χ4v) is 1.95. The lowest BCUT2D eigenvalue weighted by molar-refractivity contribution is -0.124. The van der Waals surface area contributed by atoms with Crippen molar-refractivity contribution in [1.29, 1.82) is 0 Å². The lowest BCUT2D eigenvalue weighted by atomic mass is 10.1. The third-order valence-corrected chi connectivity index (χ3v) is 3.18. The van der Waals surface area contributed by atoms with Crippen LogP contribution in [0, 0.1) is 11.6 Å². The number of hydrogen-bond donors (Lipinski definition) is 1. The van der Waals surface area contributed by atoms with Crippen molar-refractivity contribution < 1.29 is 23.1 Å². The van der Waals surface area contributed by atoms with Crippen LogP contribution in [0.2, 0.25) is 0 Å². The first-order valence-corrected chi connectivity index (χ1v) is 6.94. The average Bonchev–Trinajstić information content (AvgIpc) is 2.53. The molecule has 0 radical (unpaired) electrons. The van der Waals surface area contributed by atoms with Crippen LogP contribution >= 0.6 is 0 Å². The van der Waals surface area contributed by atoms with Gasteiger partial charge in [0.1, 0.15) is 11.6 Å². The van der Waals surface area contributed by atoms with Crippen molar-refractivity contribution in [1.82, 2.24) is 5.32 Å². The van der Waals surface area contributed by atoms with Crippen molar-refractivity contribution in [3.05, 3.63) is 71.3 Å². The minimum Gasteiger partial charge on any atom is -0.452 e. The summed E-state index contributed by atoms with van der Waals surface area (Å²) in [5.41, 5.74) is 0.479. The molecule has 2 rings (SSSR count). The Labute approximate surface area is 132 Å². The average molecular weight is 319 g/mol. The number of hydrogen-bond acceptors (Lipinski definition) is 3. The molecule has 23 heavy (non-hydrogen) atoms. The molecule has 1 N–H and O–H groups in total. The summed E-state index contributed by atoms with van der Waals surface area (Å²) in [4.78, 5) is 23.4. The zero-order valence-electron chi connectivity index (χ0n) is 12.4. The van der Waals surface area contributed by atoms with Gasteiger partial charge in [-0.15, -0.1) is 0 Å². The van der Waals surface area contributed by atoms with Crippen LogP contribution in [0.3, 0.4) is 0 Å². The number of amides is 1. The Morgan fingerprint density at radius 1 is 1.09 bits per heavy atom. The largest absolute Gasteiger partial charge is 0.452 e. The number of ether oxygens (including phenoxy) is 1. The zero-order chi connectivity index (χ0) is 16.8. The van der Waals surface area contributed by atoms with Gasteiger partial charge in [0, 0.05) is 0 Å². The molecule has 0 fully saturated rings. The maximum absolute atomic E-state index is 13.4. The normalized spacial score (nSPS) is 11.6. The predicted molar refractivity (Wildman–Crippen MR) is 79.6 cm³/mol. The number of halogens is 2. The monoisotopic (exact) mass is 319 g/mol. The fraction of sp³-hybridized carbons (Fsp3) is 0.176. The summed E-state index contributed by atoms with van der Waals surface area (Å²) in [7, 11) is 0. The summed E-state index contributed by atoms with van der Waals surface area (Å²) in [6.45, 7) is 1.18. The first kappa shape index (κ1) is 16.6. The van der Waals surface area contributed by atoms with Gasteiger partial charge in [-0.05, 0) is 36.8 Å². The highest BCUT2D eigenvalue weighted by molar-refractivity contribution is 5.91. The number of carbonyl (C=O) groups excluding carboxylic acids is 2. The van der Waals surface area contributed by atoms with Crippen LogP contribution in [0.25, 0.3) is 0 Å². The quantitative estimate of drug-likeness (QED) is 0.862. The highest BCUT2D eigenvalue weighted by Gasteiger charge is 2.15. The van der Waals surface area contributed by atoms with E-state index in [1.165, 1.54) is 30.3 Å². The number of nitrogens with one attached hydrogen (secondary N) is 1. The van der Waals surface area contributed by atoms with E-state index >= 15 is 0 Å². The molecule has 6 heteroatoms. The number of esters is 1. The van der Waals surface area contributed by atoms with Gasteiger partial charge in [-0.25, -0.2) is 13.6 Å². The highest BCUT2D eigenvalue weighted by atomic mass is 19.1. The molecule has 0 heterocycles. The van der Waals surface area contributed by atoms with Crippen molar-refractivity contribution in [3.8, 4) is 0 Å². The van der Waals surface area contributed by atoms with Gasteiger partial charge in [0.15, 0.2) is 6.61 Å². The van der Waals surface area contributed by atoms with Crippen LogP contribution < -0.4 is 5.32 Å². The molecule has 0 unspecified atom stereocenters. The van der Waals surface area contributed by atoms with E-state index in [0.29, 0.717) is 5.56 Å². The van der Waals surface area contributed by atoms with Gasteiger partial charge >= 0.3 is 5.97 Å². The first-order chi connectivity index (χ1) is 11.0. The summed E-state index contributed by atoms with van der Waals surface area (Å²) in [5, 5.41) is 2.60. The van der Waals surface area contributed by atoms with E-state index in [-0.39, 0.29) is 17.4 Å². The van der Waals surface area contributed by atoms with Gasteiger partial charge in [-0.2, -0.15) is 0 Å². The van der Waals surface area contributed by atoms with Crippen molar-refractivity contribution in [2.45, 2.75) is 13.0 Å². The van der Waals surface area contributed by atoms with Crippen LogP contribution in [0.15, 0.2) is 48.5 Å². The Bertz CT molecular complexity index is 701. The van der Waals surface area contributed by atoms with Gasteiger partial charge < -0.3 is 10.1 Å². The van der Waals surface area contributed by atoms with E-state index in [9.17, 15) is 18.4 Å². The fourth-order valence-electron chi connectivity index (χ4n) is 1.95. The molecule has 4 nitrogen and oxygen atoms in total. The molecule has 2 aromatic rings. The van der Waals surface area contributed by atoms with Crippen LogP contribution in [0.5, 0.6) is 0 Å². The van der Waals surface area contributed by atoms with E-state index < -0.39 is 24.3 Å². The number of carbonyl (C=O) groups is 2. The van der Waals surface area contributed by atoms with Crippen molar-refractivity contribution in [2.75, 3.05) is 6.61 Å². The van der Waals surface area contributed by atoms with E-state index in [1.807, 2.05) is 0 Å². The number of benzene rings is 2. The SMILES string of the molecule is C[C@H](NC(=O)COC(=O)c1ccccc1F)c1ccc(F)cc1. The molecule has 0 bridgehead atoms. The van der Waals surface area contributed by atoms with Gasteiger partial charge in [0.05, 0.1) is 11.6 Å². The van der Waals surface area contributed by atoms with Crippen LogP contribution in [-0.2, 0) is 9.53 Å². The molecular weight excluding hydrogens is 304 g/mol. The lowest BCUT2D eigenvalue weighted by Gasteiger charge is -2.14. The maximum atomic E-state index is 13.4. The summed E-state index contributed by atoms with van der Waals surface area (Å²) >= 11 is 0. The van der Waals surface area contributed by atoms with Crippen LogP contribution in [-0.4, -0.2) is 18.5 Å². The molecular formula is C17H15F2NO3. The minimum absolute atomic E-state index is 0.230. The smallest absolute Gasteiger partial charge is 0.341 e. The second-order valence-corrected chi connectivity index (χ2v) is 4.90. The second kappa shape index (κ2) is 7.49. The first-order valence-electron chi connectivity index (χ1n) is 6.94. The Balaban J connectivity index is 1.86. The van der Waals surface area contributed by atoms with Crippen molar-refractivity contribution in [2.24, 2.45) is 0 Å².